The van der Waals surface area contributed by atoms with Crippen LogP contribution in [-0.2, 0) is 4.79 Å². The molecule has 1 aliphatic heterocycles. The monoisotopic (exact) mass is 338 g/mol. The smallest absolute Gasteiger partial charge is 0.316 e. The molecule has 1 heterocycles. The van der Waals surface area contributed by atoms with Crippen molar-refractivity contribution in [2.45, 2.75) is 33.6 Å². The normalized spacial score (nSPS) is 21.9. The van der Waals surface area contributed by atoms with E-state index in [1.807, 2.05) is 6.92 Å². The van der Waals surface area contributed by atoms with E-state index >= 15 is 0 Å². The highest BCUT2D eigenvalue weighted by Gasteiger charge is 2.27. The Morgan fingerprint density at radius 2 is 2.09 bits per heavy atom. The van der Waals surface area contributed by atoms with Crippen molar-refractivity contribution >= 4 is 22.9 Å². The highest BCUT2D eigenvalue weighted by atomic mass is 35.5. The number of nitrogens with one attached hydrogen (secondary N) is 1. The number of allylic oxidation sites excluding steroid dienone is 5. The van der Waals surface area contributed by atoms with Crippen molar-refractivity contribution in [1.29, 1.82) is 0 Å². The quantitative estimate of drug-likeness (QED) is 0.613. The predicted octanol–water partition coefficient (Wildman–Crippen LogP) is 3.89. The molecule has 0 aromatic rings. The van der Waals surface area contributed by atoms with Gasteiger partial charge in [0.2, 0.25) is 5.91 Å². The molecule has 0 spiro atoms. The molecule has 0 aromatic carbocycles. The summed E-state index contributed by atoms with van der Waals surface area (Å²) in [6, 6.07) is 0. The fourth-order valence-electron chi connectivity index (χ4n) is 2.47. The first-order chi connectivity index (χ1) is 10.8. The Kier molecular flexibility index (Phi) is 7.56. The highest BCUT2D eigenvalue weighted by molar-refractivity contribution is 6.62. The van der Waals surface area contributed by atoms with Crippen LogP contribution in [0.3, 0.4) is 0 Å². The third kappa shape index (κ3) is 6.61. The minimum atomic E-state index is -0.332. The molecule has 1 unspecified atom stereocenters. The standard InChI is InChI=1S/C14H18ClNO.C4H9NO/c1-14(2)7-3-4-11(5-8-14)12-6-9-16(10-12)13(15)17;1-3-4(6)5-2/h3-5,7-8,12H,6,9-10H2,1-2H3;3H2,1-2H3,(H,5,6). The summed E-state index contributed by atoms with van der Waals surface area (Å²) in [6.07, 6.45) is 12.4. The van der Waals surface area contributed by atoms with Gasteiger partial charge in [0.05, 0.1) is 0 Å². The van der Waals surface area contributed by atoms with Gasteiger partial charge in [0.1, 0.15) is 0 Å². The van der Waals surface area contributed by atoms with Crippen LogP contribution >= 0.6 is 11.6 Å². The number of rotatable bonds is 2. The summed E-state index contributed by atoms with van der Waals surface area (Å²) in [5.41, 5.74) is 1.41. The van der Waals surface area contributed by atoms with Crippen LogP contribution in [0, 0.1) is 11.3 Å². The summed E-state index contributed by atoms with van der Waals surface area (Å²) in [6.45, 7) is 7.69. The van der Waals surface area contributed by atoms with Gasteiger partial charge in [0.15, 0.2) is 0 Å². The molecule has 2 aliphatic rings. The van der Waals surface area contributed by atoms with Gasteiger partial charge >= 0.3 is 5.37 Å². The number of likely N-dealkylation sites (tertiary alicyclic amines) is 1. The van der Waals surface area contributed by atoms with Gasteiger partial charge < -0.3 is 10.2 Å². The predicted molar refractivity (Wildman–Crippen MR) is 95.4 cm³/mol. The molecule has 128 valence electrons. The number of hydrogen-bond donors (Lipinski definition) is 1. The number of carbonyl (C=O) groups excluding carboxylic acids is 2. The zero-order chi connectivity index (χ0) is 17.5. The lowest BCUT2D eigenvalue weighted by Crippen LogP contribution is -2.23. The van der Waals surface area contributed by atoms with E-state index in [1.54, 1.807) is 11.9 Å². The Labute approximate surface area is 144 Å². The van der Waals surface area contributed by atoms with E-state index < -0.39 is 0 Å². The van der Waals surface area contributed by atoms with Crippen molar-refractivity contribution in [3.8, 4) is 0 Å². The van der Waals surface area contributed by atoms with Crippen molar-refractivity contribution in [1.82, 2.24) is 10.2 Å². The highest BCUT2D eigenvalue weighted by Crippen LogP contribution is 2.30. The van der Waals surface area contributed by atoms with Gasteiger partial charge in [-0.15, -0.1) is 0 Å². The second kappa shape index (κ2) is 8.92. The molecule has 1 fully saturated rings. The van der Waals surface area contributed by atoms with Gasteiger partial charge in [-0.3, -0.25) is 9.59 Å². The van der Waals surface area contributed by atoms with E-state index in [9.17, 15) is 9.59 Å². The second-order valence-electron chi connectivity index (χ2n) is 6.39. The average molecular weight is 339 g/mol. The number of halogens is 1. The minimum Gasteiger partial charge on any atom is -0.359 e. The topological polar surface area (TPSA) is 49.4 Å². The SMILES string of the molecule is CC1(C)C=CC=C(C2CCN(C(=O)Cl)C2)C=C1.CCC(=O)NC. The molecule has 1 N–H and O–H groups in total. The van der Waals surface area contributed by atoms with Crippen molar-refractivity contribution in [3.05, 3.63) is 36.0 Å². The Morgan fingerprint density at radius 1 is 1.39 bits per heavy atom. The summed E-state index contributed by atoms with van der Waals surface area (Å²) >= 11 is 5.50. The van der Waals surface area contributed by atoms with E-state index in [4.69, 9.17) is 11.6 Å². The summed E-state index contributed by atoms with van der Waals surface area (Å²) < 4.78 is 0. The lowest BCUT2D eigenvalue weighted by Gasteiger charge is -2.14. The van der Waals surface area contributed by atoms with Crippen LogP contribution in [0.15, 0.2) is 36.0 Å². The van der Waals surface area contributed by atoms with Crippen LogP contribution in [0.1, 0.15) is 33.6 Å². The van der Waals surface area contributed by atoms with Crippen LogP contribution in [0.4, 0.5) is 4.79 Å². The molecule has 1 atom stereocenters. The molecule has 5 heteroatoms. The van der Waals surface area contributed by atoms with E-state index in [0.717, 1.165) is 19.5 Å². The summed E-state index contributed by atoms with van der Waals surface area (Å²) in [7, 11) is 1.63. The molecule has 23 heavy (non-hydrogen) atoms. The fraction of sp³-hybridized carbons (Fsp3) is 0.556. The van der Waals surface area contributed by atoms with E-state index in [1.165, 1.54) is 5.57 Å². The number of hydrogen-bond acceptors (Lipinski definition) is 2. The Hall–Kier alpha value is -1.55. The lowest BCUT2D eigenvalue weighted by atomic mass is 9.92. The van der Waals surface area contributed by atoms with E-state index in [-0.39, 0.29) is 16.7 Å². The molecule has 0 saturated carbocycles. The Bertz CT molecular complexity index is 515. The van der Waals surface area contributed by atoms with Gasteiger partial charge in [-0.25, -0.2) is 0 Å². The number of carbonyl (C=O) groups is 2. The largest absolute Gasteiger partial charge is 0.359 e. The zero-order valence-corrected chi connectivity index (χ0v) is 15.2. The first kappa shape index (κ1) is 19.5. The molecule has 1 saturated heterocycles. The van der Waals surface area contributed by atoms with Crippen LogP contribution in [0.5, 0.6) is 0 Å². The van der Waals surface area contributed by atoms with E-state index in [2.05, 4.69) is 49.5 Å². The number of amides is 2. The van der Waals surface area contributed by atoms with Crippen LogP contribution in [0.25, 0.3) is 0 Å². The molecule has 0 radical (unpaired) electrons. The third-order valence-corrected chi connectivity index (χ3v) is 4.27. The number of nitrogens with zero attached hydrogens (tertiary/aromatic N) is 1. The molecule has 0 bridgehead atoms. The second-order valence-corrected chi connectivity index (χ2v) is 6.72. The maximum absolute atomic E-state index is 11.1. The van der Waals surface area contributed by atoms with Gasteiger partial charge in [-0.2, -0.15) is 0 Å². The molecular formula is C18H27ClN2O2. The van der Waals surface area contributed by atoms with Gasteiger partial charge in [0, 0.05) is 37.9 Å². The third-order valence-electron chi connectivity index (χ3n) is 4.03. The van der Waals surface area contributed by atoms with Crippen LogP contribution in [-0.4, -0.2) is 36.3 Å². The zero-order valence-electron chi connectivity index (χ0n) is 14.4. The van der Waals surface area contributed by atoms with Gasteiger partial charge in [-0.1, -0.05) is 51.2 Å². The first-order valence-corrected chi connectivity index (χ1v) is 8.40. The van der Waals surface area contributed by atoms with Crippen molar-refractivity contribution < 1.29 is 9.59 Å². The van der Waals surface area contributed by atoms with Crippen molar-refractivity contribution in [2.24, 2.45) is 11.3 Å². The fourth-order valence-corrected chi connectivity index (χ4v) is 2.62. The Balaban J connectivity index is 0.000000379. The lowest BCUT2D eigenvalue weighted by molar-refractivity contribution is -0.120. The minimum absolute atomic E-state index is 0.0926. The molecular weight excluding hydrogens is 312 g/mol. The van der Waals surface area contributed by atoms with Gasteiger partial charge in [-0.05, 0) is 23.6 Å². The molecule has 2 rings (SSSR count). The molecule has 2 amide bonds. The van der Waals surface area contributed by atoms with Gasteiger partial charge in [0.25, 0.3) is 0 Å². The average Bonchev–Trinajstić information content (AvgIpc) is 2.93. The maximum Gasteiger partial charge on any atom is 0.316 e. The molecule has 4 nitrogen and oxygen atoms in total. The summed E-state index contributed by atoms with van der Waals surface area (Å²) in [5.74, 6) is 0.516. The van der Waals surface area contributed by atoms with Crippen LogP contribution < -0.4 is 5.32 Å². The van der Waals surface area contributed by atoms with Crippen molar-refractivity contribution in [2.75, 3.05) is 20.1 Å². The molecule has 0 aromatic heterocycles. The first-order valence-electron chi connectivity index (χ1n) is 8.02. The maximum atomic E-state index is 11.1. The Morgan fingerprint density at radius 3 is 2.57 bits per heavy atom. The summed E-state index contributed by atoms with van der Waals surface area (Å²) in [5, 5.41) is 2.14. The van der Waals surface area contributed by atoms with E-state index in [0.29, 0.717) is 12.3 Å². The van der Waals surface area contributed by atoms with Crippen molar-refractivity contribution in [3.63, 3.8) is 0 Å². The summed E-state index contributed by atoms with van der Waals surface area (Å²) in [4.78, 5) is 22.9. The molecule has 1 aliphatic carbocycles. The van der Waals surface area contributed by atoms with Crippen LogP contribution in [0.2, 0.25) is 0 Å².